The topological polar surface area (TPSA) is 58.6 Å². The fourth-order valence-electron chi connectivity index (χ4n) is 2.25. The minimum atomic E-state index is -3.41. The van der Waals surface area contributed by atoms with Gasteiger partial charge >= 0.3 is 0 Å². The summed E-state index contributed by atoms with van der Waals surface area (Å²) in [6.07, 6.45) is -0.0461. The lowest BCUT2D eigenvalue weighted by Crippen LogP contribution is -2.44. The number of thiophene rings is 1. The highest BCUT2D eigenvalue weighted by atomic mass is 32.2. The Morgan fingerprint density at radius 2 is 2.32 bits per heavy atom. The highest BCUT2D eigenvalue weighted by Gasteiger charge is 2.32. The van der Waals surface area contributed by atoms with Gasteiger partial charge in [-0.1, -0.05) is 0 Å². The maximum absolute atomic E-state index is 12.8. The van der Waals surface area contributed by atoms with Crippen molar-refractivity contribution in [2.24, 2.45) is 0 Å². The van der Waals surface area contributed by atoms with E-state index in [0.29, 0.717) is 31.1 Å². The minimum Gasteiger partial charge on any atom is -0.376 e. The third-order valence-corrected chi connectivity index (χ3v) is 6.46. The molecule has 1 saturated heterocycles. The van der Waals surface area contributed by atoms with E-state index >= 15 is 0 Å². The van der Waals surface area contributed by atoms with Crippen molar-refractivity contribution in [1.29, 1.82) is 0 Å². The summed E-state index contributed by atoms with van der Waals surface area (Å²) in [6.45, 7) is 5.65. The number of sulfonamides is 1. The zero-order valence-corrected chi connectivity index (χ0v) is 13.1. The standard InChI is InChI=1S/C12H20N2O3S2/c1-9-8-18-11(6-13-3)12(9)19(15,16)14-4-5-17-10(2)7-14/h8,10,13H,4-7H2,1-3H3. The maximum atomic E-state index is 12.8. The van der Waals surface area contributed by atoms with E-state index in [2.05, 4.69) is 5.32 Å². The van der Waals surface area contributed by atoms with Crippen molar-refractivity contribution >= 4 is 21.4 Å². The molecule has 0 radical (unpaired) electrons. The lowest BCUT2D eigenvalue weighted by atomic mass is 10.3. The number of morpholine rings is 1. The summed E-state index contributed by atoms with van der Waals surface area (Å²) in [4.78, 5) is 1.35. The fourth-order valence-corrected chi connectivity index (χ4v) is 5.52. The Morgan fingerprint density at radius 3 is 2.95 bits per heavy atom. The van der Waals surface area contributed by atoms with Gasteiger partial charge in [-0.2, -0.15) is 4.31 Å². The van der Waals surface area contributed by atoms with E-state index in [9.17, 15) is 8.42 Å². The Hall–Kier alpha value is -0.470. The molecular weight excluding hydrogens is 284 g/mol. The Balaban J connectivity index is 2.36. The normalized spacial score (nSPS) is 21.7. The molecule has 0 spiro atoms. The van der Waals surface area contributed by atoms with Crippen molar-refractivity contribution in [1.82, 2.24) is 9.62 Å². The fraction of sp³-hybridized carbons (Fsp3) is 0.667. The highest BCUT2D eigenvalue weighted by molar-refractivity contribution is 7.89. The summed E-state index contributed by atoms with van der Waals surface area (Å²) < 4.78 is 32.5. The van der Waals surface area contributed by atoms with Crippen molar-refractivity contribution in [2.75, 3.05) is 26.7 Å². The summed E-state index contributed by atoms with van der Waals surface area (Å²) in [6, 6.07) is 0. The Morgan fingerprint density at radius 1 is 1.58 bits per heavy atom. The molecule has 1 aliphatic rings. The smallest absolute Gasteiger partial charge is 0.244 e. The number of rotatable bonds is 4. The number of nitrogens with one attached hydrogen (secondary N) is 1. The number of hydrogen-bond donors (Lipinski definition) is 1. The molecule has 0 saturated carbocycles. The molecule has 0 bridgehead atoms. The molecule has 5 nitrogen and oxygen atoms in total. The molecule has 1 N–H and O–H groups in total. The summed E-state index contributed by atoms with van der Waals surface area (Å²) in [5, 5.41) is 4.93. The third kappa shape index (κ3) is 3.00. The van der Waals surface area contributed by atoms with Gasteiger partial charge in [0.1, 0.15) is 4.90 Å². The summed E-state index contributed by atoms with van der Waals surface area (Å²) >= 11 is 1.49. The maximum Gasteiger partial charge on any atom is 0.244 e. The molecule has 1 atom stereocenters. The Labute approximate surface area is 118 Å². The van der Waals surface area contributed by atoms with Crippen LogP contribution in [0, 0.1) is 6.92 Å². The SMILES string of the molecule is CNCc1scc(C)c1S(=O)(=O)N1CCOC(C)C1. The number of aryl methyl sites for hydroxylation is 1. The van der Waals surface area contributed by atoms with Gasteiger partial charge in [0.25, 0.3) is 0 Å². The van der Waals surface area contributed by atoms with Crippen LogP contribution in [0.1, 0.15) is 17.4 Å². The monoisotopic (exact) mass is 304 g/mol. The number of nitrogens with zero attached hydrogens (tertiary/aromatic N) is 1. The third-order valence-electron chi connectivity index (χ3n) is 3.13. The molecule has 0 amide bonds. The van der Waals surface area contributed by atoms with Crippen LogP contribution in [0.3, 0.4) is 0 Å². The Kier molecular flexibility index (Phi) is 4.62. The van der Waals surface area contributed by atoms with Gasteiger partial charge in [0.05, 0.1) is 12.7 Å². The molecule has 108 valence electrons. The molecule has 1 unspecified atom stereocenters. The first-order chi connectivity index (χ1) is 8.96. The molecule has 19 heavy (non-hydrogen) atoms. The molecular formula is C12H20N2O3S2. The summed E-state index contributed by atoms with van der Waals surface area (Å²) in [5.41, 5.74) is 0.828. The first kappa shape index (κ1) is 14.9. The first-order valence-corrected chi connectivity index (χ1v) is 8.62. The minimum absolute atomic E-state index is 0.0461. The van der Waals surface area contributed by atoms with Gasteiger partial charge in [-0.3, -0.25) is 0 Å². The van der Waals surface area contributed by atoms with Crippen molar-refractivity contribution < 1.29 is 13.2 Å². The van der Waals surface area contributed by atoms with E-state index in [4.69, 9.17) is 4.74 Å². The van der Waals surface area contributed by atoms with Crippen LogP contribution in [0.25, 0.3) is 0 Å². The van der Waals surface area contributed by atoms with Crippen molar-refractivity contribution in [3.63, 3.8) is 0 Å². The summed E-state index contributed by atoms with van der Waals surface area (Å²) in [5.74, 6) is 0. The molecule has 2 heterocycles. The largest absolute Gasteiger partial charge is 0.376 e. The highest BCUT2D eigenvalue weighted by Crippen LogP contribution is 2.30. The van der Waals surface area contributed by atoms with Crippen molar-refractivity contribution in [3.8, 4) is 0 Å². The molecule has 7 heteroatoms. The van der Waals surface area contributed by atoms with Crippen molar-refractivity contribution in [2.45, 2.75) is 31.4 Å². The second-order valence-corrected chi connectivity index (χ2v) is 7.58. The van der Waals surface area contributed by atoms with Crippen LogP contribution in [0.5, 0.6) is 0 Å². The second kappa shape index (κ2) is 5.88. The molecule has 0 aromatic carbocycles. The summed E-state index contributed by atoms with van der Waals surface area (Å²) in [7, 11) is -1.59. The van der Waals surface area contributed by atoms with E-state index in [1.165, 1.54) is 15.6 Å². The van der Waals surface area contributed by atoms with Crippen LogP contribution in [0.4, 0.5) is 0 Å². The van der Waals surface area contributed by atoms with Crippen LogP contribution in [-0.2, 0) is 21.3 Å². The molecule has 1 aromatic heterocycles. The lowest BCUT2D eigenvalue weighted by Gasteiger charge is -2.30. The van der Waals surface area contributed by atoms with E-state index in [1.807, 2.05) is 26.3 Å². The van der Waals surface area contributed by atoms with Crippen LogP contribution in [0.15, 0.2) is 10.3 Å². The van der Waals surface area contributed by atoms with Crippen LogP contribution >= 0.6 is 11.3 Å². The molecule has 2 rings (SSSR count). The molecule has 0 aliphatic carbocycles. The average molecular weight is 304 g/mol. The van der Waals surface area contributed by atoms with Gasteiger partial charge in [0, 0.05) is 24.5 Å². The average Bonchev–Trinajstić information content (AvgIpc) is 2.71. The van der Waals surface area contributed by atoms with E-state index in [-0.39, 0.29) is 6.10 Å². The van der Waals surface area contributed by atoms with Gasteiger partial charge in [0.15, 0.2) is 0 Å². The van der Waals surface area contributed by atoms with Gasteiger partial charge in [-0.25, -0.2) is 8.42 Å². The quantitative estimate of drug-likeness (QED) is 0.907. The Bertz CT molecular complexity index is 539. The number of ether oxygens (including phenoxy) is 1. The van der Waals surface area contributed by atoms with Crippen LogP contribution < -0.4 is 5.32 Å². The first-order valence-electron chi connectivity index (χ1n) is 6.30. The molecule has 1 aliphatic heterocycles. The predicted molar refractivity (Wildman–Crippen MR) is 76.0 cm³/mol. The predicted octanol–water partition coefficient (Wildman–Crippen LogP) is 1.19. The zero-order chi connectivity index (χ0) is 14.0. The van der Waals surface area contributed by atoms with Crippen LogP contribution in [0.2, 0.25) is 0 Å². The second-order valence-electron chi connectivity index (χ2n) is 4.75. The van der Waals surface area contributed by atoms with E-state index in [0.717, 1.165) is 10.4 Å². The van der Waals surface area contributed by atoms with Gasteiger partial charge in [0.2, 0.25) is 10.0 Å². The van der Waals surface area contributed by atoms with Crippen molar-refractivity contribution in [3.05, 3.63) is 15.8 Å². The van der Waals surface area contributed by atoms with Gasteiger partial charge in [-0.05, 0) is 31.8 Å². The number of hydrogen-bond acceptors (Lipinski definition) is 5. The van der Waals surface area contributed by atoms with E-state index in [1.54, 1.807) is 0 Å². The van der Waals surface area contributed by atoms with Crippen LogP contribution in [-0.4, -0.2) is 45.6 Å². The van der Waals surface area contributed by atoms with E-state index < -0.39 is 10.0 Å². The lowest BCUT2D eigenvalue weighted by molar-refractivity contribution is 0.0101. The van der Waals surface area contributed by atoms with Gasteiger partial charge in [-0.15, -0.1) is 11.3 Å². The molecule has 1 fully saturated rings. The zero-order valence-electron chi connectivity index (χ0n) is 11.5. The molecule has 1 aromatic rings. The van der Waals surface area contributed by atoms with Gasteiger partial charge < -0.3 is 10.1 Å².